The number of nitrogens with one attached hydrogen (secondary N) is 1. The van der Waals surface area contributed by atoms with E-state index in [4.69, 9.17) is 0 Å². The number of nitrogens with zero attached hydrogens (tertiary/aromatic N) is 1. The molecular weight excluding hydrogens is 360 g/mol. The molecule has 0 amide bonds. The lowest BCUT2D eigenvalue weighted by molar-refractivity contribution is -0.384. The van der Waals surface area contributed by atoms with Gasteiger partial charge in [-0.05, 0) is 12.5 Å². The molecule has 29 heavy (non-hydrogen) atoms. The molecule has 0 saturated heterocycles. The molecule has 0 bridgehead atoms. The summed E-state index contributed by atoms with van der Waals surface area (Å²) in [5.41, 5.74) is 0.800. The molecule has 4 heteroatoms. The van der Waals surface area contributed by atoms with Gasteiger partial charge in [0.1, 0.15) is 5.69 Å². The van der Waals surface area contributed by atoms with Gasteiger partial charge in [-0.3, -0.25) is 10.1 Å². The molecule has 1 N–H and O–H groups in total. The van der Waals surface area contributed by atoms with Gasteiger partial charge in [-0.1, -0.05) is 122 Å². The van der Waals surface area contributed by atoms with E-state index in [1.54, 1.807) is 18.2 Å². The van der Waals surface area contributed by atoms with Gasteiger partial charge in [0, 0.05) is 12.6 Å². The second kappa shape index (κ2) is 18.4. The summed E-state index contributed by atoms with van der Waals surface area (Å²) in [6.07, 6.45) is 23.2. The highest BCUT2D eigenvalue weighted by Gasteiger charge is 2.10. The van der Waals surface area contributed by atoms with Crippen LogP contribution in [0.5, 0.6) is 0 Å². The average Bonchev–Trinajstić information content (AvgIpc) is 2.73. The third kappa shape index (κ3) is 14.1. The van der Waals surface area contributed by atoms with Crippen molar-refractivity contribution in [1.29, 1.82) is 0 Å². The summed E-state index contributed by atoms with van der Waals surface area (Å²) in [4.78, 5) is 10.7. The van der Waals surface area contributed by atoms with Crippen molar-refractivity contribution in [2.75, 3.05) is 11.9 Å². The average molecular weight is 405 g/mol. The number of benzene rings is 1. The quantitative estimate of drug-likeness (QED) is 0.134. The maximum Gasteiger partial charge on any atom is 0.292 e. The molecule has 1 rings (SSSR count). The molecule has 0 aromatic heterocycles. The number of nitro groups is 1. The number of unbranched alkanes of at least 4 members (excludes halogenated alkanes) is 16. The van der Waals surface area contributed by atoms with Crippen LogP contribution in [0, 0.1) is 10.1 Å². The van der Waals surface area contributed by atoms with E-state index in [-0.39, 0.29) is 10.6 Å². The van der Waals surface area contributed by atoms with Crippen LogP contribution in [0.1, 0.15) is 116 Å². The number of rotatable bonds is 20. The fraction of sp³-hybridized carbons (Fsp3) is 0.760. The van der Waals surface area contributed by atoms with Gasteiger partial charge in [-0.15, -0.1) is 0 Å². The SMILES string of the molecule is CCCCCCCCCCCCCCCCCCCNc1ccccc1[N+](=O)[O-]. The van der Waals surface area contributed by atoms with E-state index in [9.17, 15) is 10.1 Å². The van der Waals surface area contributed by atoms with Crippen LogP contribution in [-0.2, 0) is 0 Å². The first-order chi connectivity index (χ1) is 14.3. The van der Waals surface area contributed by atoms with Crippen LogP contribution in [0.4, 0.5) is 11.4 Å². The summed E-state index contributed by atoms with van der Waals surface area (Å²) >= 11 is 0. The minimum absolute atomic E-state index is 0.166. The van der Waals surface area contributed by atoms with Gasteiger partial charge in [0.05, 0.1) is 4.92 Å². The van der Waals surface area contributed by atoms with Crippen molar-refractivity contribution in [3.05, 3.63) is 34.4 Å². The maximum absolute atomic E-state index is 11.0. The Morgan fingerprint density at radius 1 is 0.690 bits per heavy atom. The van der Waals surface area contributed by atoms with Crippen molar-refractivity contribution in [2.45, 2.75) is 116 Å². The lowest BCUT2D eigenvalue weighted by atomic mass is 10.0. The van der Waals surface area contributed by atoms with E-state index in [1.165, 1.54) is 103 Å². The molecule has 0 radical (unpaired) electrons. The van der Waals surface area contributed by atoms with Crippen LogP contribution >= 0.6 is 0 Å². The normalized spacial score (nSPS) is 10.9. The van der Waals surface area contributed by atoms with Gasteiger partial charge < -0.3 is 5.32 Å². The van der Waals surface area contributed by atoms with Gasteiger partial charge in [0.25, 0.3) is 5.69 Å². The Morgan fingerprint density at radius 2 is 1.10 bits per heavy atom. The summed E-state index contributed by atoms with van der Waals surface area (Å²) in [5.74, 6) is 0. The first-order valence-corrected chi connectivity index (χ1v) is 12.2. The van der Waals surface area contributed by atoms with Crippen LogP contribution in [0.25, 0.3) is 0 Å². The third-order valence-corrected chi connectivity index (χ3v) is 5.70. The van der Waals surface area contributed by atoms with Crippen molar-refractivity contribution < 1.29 is 4.92 Å². The summed E-state index contributed by atoms with van der Waals surface area (Å²) in [6, 6.07) is 6.88. The zero-order valence-corrected chi connectivity index (χ0v) is 18.8. The fourth-order valence-electron chi connectivity index (χ4n) is 3.86. The van der Waals surface area contributed by atoms with Gasteiger partial charge in [-0.25, -0.2) is 0 Å². The van der Waals surface area contributed by atoms with E-state index in [0.717, 1.165) is 13.0 Å². The molecule has 4 nitrogen and oxygen atoms in total. The van der Waals surface area contributed by atoms with E-state index in [1.807, 2.05) is 6.07 Å². The Bertz CT molecular complexity index is 519. The van der Waals surface area contributed by atoms with E-state index >= 15 is 0 Å². The highest BCUT2D eigenvalue weighted by molar-refractivity contribution is 5.60. The predicted octanol–water partition coefficient (Wildman–Crippen LogP) is 8.66. The lowest BCUT2D eigenvalue weighted by Crippen LogP contribution is -2.04. The molecular formula is C25H44N2O2. The molecule has 0 aliphatic heterocycles. The molecule has 0 aliphatic carbocycles. The maximum atomic E-state index is 11.0. The van der Waals surface area contributed by atoms with Gasteiger partial charge in [0.15, 0.2) is 0 Å². The van der Waals surface area contributed by atoms with Crippen LogP contribution < -0.4 is 5.32 Å². The molecule has 0 spiro atoms. The Balaban J connectivity index is 1.81. The summed E-state index contributed by atoms with van der Waals surface area (Å²) in [7, 11) is 0. The fourth-order valence-corrected chi connectivity index (χ4v) is 3.86. The first kappa shape index (κ1) is 25.5. The van der Waals surface area contributed by atoms with Crippen molar-refractivity contribution in [1.82, 2.24) is 0 Å². The first-order valence-electron chi connectivity index (χ1n) is 12.2. The Labute approximate surface area is 179 Å². The van der Waals surface area contributed by atoms with Gasteiger partial charge in [-0.2, -0.15) is 0 Å². The van der Waals surface area contributed by atoms with Crippen LogP contribution in [0.2, 0.25) is 0 Å². The standard InChI is InChI=1S/C25H44N2O2/c1-2-3-4-5-6-7-8-9-10-11-12-13-14-15-16-17-20-23-26-24-21-18-19-22-25(24)27(28)29/h18-19,21-22,26H,2-17,20,23H2,1H3. The second-order valence-electron chi connectivity index (χ2n) is 8.36. The summed E-state index contributed by atoms with van der Waals surface area (Å²) < 4.78 is 0. The molecule has 0 aliphatic rings. The van der Waals surface area contributed by atoms with Crippen LogP contribution in [0.15, 0.2) is 24.3 Å². The molecule has 0 atom stereocenters. The number of anilines is 1. The molecule has 166 valence electrons. The van der Waals surface area contributed by atoms with Crippen LogP contribution in [-0.4, -0.2) is 11.5 Å². The molecule has 0 unspecified atom stereocenters. The van der Waals surface area contributed by atoms with Gasteiger partial charge >= 0.3 is 0 Å². The van der Waals surface area contributed by atoms with Crippen molar-refractivity contribution in [3.63, 3.8) is 0 Å². The number of nitro benzene ring substituents is 1. The molecule has 0 saturated carbocycles. The monoisotopic (exact) mass is 404 g/mol. The number of para-hydroxylation sites is 2. The smallest absolute Gasteiger partial charge is 0.292 e. The third-order valence-electron chi connectivity index (χ3n) is 5.70. The zero-order chi connectivity index (χ0) is 21.0. The molecule has 1 aromatic rings. The Morgan fingerprint density at radius 3 is 1.55 bits per heavy atom. The molecule has 0 fully saturated rings. The largest absolute Gasteiger partial charge is 0.379 e. The van der Waals surface area contributed by atoms with E-state index in [0.29, 0.717) is 5.69 Å². The van der Waals surface area contributed by atoms with Crippen molar-refractivity contribution >= 4 is 11.4 Å². The number of hydrogen-bond donors (Lipinski definition) is 1. The topological polar surface area (TPSA) is 55.2 Å². The lowest BCUT2D eigenvalue weighted by Gasteiger charge is -2.07. The summed E-state index contributed by atoms with van der Waals surface area (Å²) in [5, 5.41) is 14.2. The minimum atomic E-state index is -0.322. The van der Waals surface area contributed by atoms with Crippen LogP contribution in [0.3, 0.4) is 0 Å². The van der Waals surface area contributed by atoms with Crippen molar-refractivity contribution in [2.24, 2.45) is 0 Å². The predicted molar refractivity (Wildman–Crippen MR) is 126 cm³/mol. The molecule has 0 heterocycles. The molecule has 1 aromatic carbocycles. The highest BCUT2D eigenvalue weighted by Crippen LogP contribution is 2.23. The second-order valence-corrected chi connectivity index (χ2v) is 8.36. The van der Waals surface area contributed by atoms with E-state index < -0.39 is 0 Å². The minimum Gasteiger partial charge on any atom is -0.379 e. The number of hydrogen-bond acceptors (Lipinski definition) is 3. The highest BCUT2D eigenvalue weighted by atomic mass is 16.6. The Kier molecular flexibility index (Phi) is 16.2. The van der Waals surface area contributed by atoms with E-state index in [2.05, 4.69) is 12.2 Å². The van der Waals surface area contributed by atoms with Crippen molar-refractivity contribution in [3.8, 4) is 0 Å². The Hall–Kier alpha value is -1.58. The summed E-state index contributed by atoms with van der Waals surface area (Å²) in [6.45, 7) is 3.09. The zero-order valence-electron chi connectivity index (χ0n) is 18.8. The van der Waals surface area contributed by atoms with Gasteiger partial charge in [0.2, 0.25) is 0 Å².